The maximum absolute atomic E-state index is 11.9. The fraction of sp³-hybridized carbons (Fsp3) is 0.500. The molecule has 0 bridgehead atoms. The van der Waals surface area contributed by atoms with Gasteiger partial charge in [0.05, 0.1) is 18.4 Å². The largest absolute Gasteiger partial charge is 0.464 e. The van der Waals surface area contributed by atoms with E-state index < -0.39 is 5.76 Å². The summed E-state index contributed by atoms with van der Waals surface area (Å²) in [6.07, 6.45) is 0.439. The van der Waals surface area contributed by atoms with E-state index in [0.29, 0.717) is 42.8 Å². The van der Waals surface area contributed by atoms with Gasteiger partial charge in [-0.25, -0.2) is 0 Å². The maximum Gasteiger partial charge on any atom is 0.284 e. The zero-order valence-electron chi connectivity index (χ0n) is 8.58. The molecule has 0 fully saturated rings. The van der Waals surface area contributed by atoms with Gasteiger partial charge in [0.25, 0.3) is 5.76 Å². The van der Waals surface area contributed by atoms with Gasteiger partial charge >= 0.3 is 0 Å². The number of rotatable bonds is 7. The number of halogens is 2. The van der Waals surface area contributed by atoms with Gasteiger partial charge in [0.1, 0.15) is 11.5 Å². The van der Waals surface area contributed by atoms with Gasteiger partial charge in [0.2, 0.25) is 0 Å². The van der Waals surface area contributed by atoms with Crippen molar-refractivity contribution in [3.05, 3.63) is 23.7 Å². The summed E-state index contributed by atoms with van der Waals surface area (Å²) in [5.41, 5.74) is 0. The van der Waals surface area contributed by atoms with Gasteiger partial charge < -0.3 is 9.73 Å². The van der Waals surface area contributed by atoms with Crippen molar-refractivity contribution in [1.29, 1.82) is 5.26 Å². The molecule has 0 unspecified atom stereocenters. The summed E-state index contributed by atoms with van der Waals surface area (Å²) in [4.78, 5) is 0. The van der Waals surface area contributed by atoms with Gasteiger partial charge in [-0.05, 0) is 12.1 Å². The first-order valence-corrected chi connectivity index (χ1v) is 5.82. The second kappa shape index (κ2) is 7.25. The van der Waals surface area contributed by atoms with Crippen molar-refractivity contribution in [2.24, 2.45) is 0 Å². The Bertz CT molecular complexity index is 349. The average molecular weight is 246 g/mol. The lowest BCUT2D eigenvalue weighted by molar-refractivity contribution is 0.251. The first-order chi connectivity index (χ1) is 7.72. The van der Waals surface area contributed by atoms with Crippen LogP contribution in [0.3, 0.4) is 0 Å². The van der Waals surface area contributed by atoms with Crippen LogP contribution >= 0.6 is 11.8 Å². The Balaban J connectivity index is 2.26. The van der Waals surface area contributed by atoms with Gasteiger partial charge in [-0.1, -0.05) is 11.8 Å². The third-order valence-corrected chi connectivity index (χ3v) is 2.48. The number of alkyl halides is 2. The summed E-state index contributed by atoms with van der Waals surface area (Å²) in [7, 11) is 0. The van der Waals surface area contributed by atoms with Crippen LogP contribution in [0.15, 0.2) is 16.5 Å². The van der Waals surface area contributed by atoms with E-state index in [0.717, 1.165) is 0 Å². The van der Waals surface area contributed by atoms with E-state index in [4.69, 9.17) is 9.68 Å². The molecule has 0 saturated heterocycles. The molecule has 1 aromatic heterocycles. The van der Waals surface area contributed by atoms with Crippen LogP contribution in [0.5, 0.6) is 0 Å². The number of nitriles is 1. The van der Waals surface area contributed by atoms with Crippen molar-refractivity contribution in [2.45, 2.75) is 24.5 Å². The van der Waals surface area contributed by atoms with Crippen molar-refractivity contribution in [1.82, 2.24) is 5.32 Å². The van der Waals surface area contributed by atoms with Crippen LogP contribution in [0.2, 0.25) is 0 Å². The van der Waals surface area contributed by atoms with Crippen LogP contribution in [-0.4, -0.2) is 12.3 Å². The molecule has 0 spiro atoms. The molecule has 88 valence electrons. The molecule has 0 atom stereocenters. The Morgan fingerprint density at radius 2 is 2.19 bits per heavy atom. The molecule has 16 heavy (non-hydrogen) atoms. The number of nitrogens with one attached hydrogen (secondary N) is 1. The van der Waals surface area contributed by atoms with E-state index in [-0.39, 0.29) is 5.75 Å². The lowest BCUT2D eigenvalue weighted by Crippen LogP contribution is -2.13. The minimum absolute atomic E-state index is 0.176. The Kier molecular flexibility index (Phi) is 5.90. The molecule has 0 aliphatic carbocycles. The Hall–Kier alpha value is -1.06. The second-order valence-corrected chi connectivity index (χ2v) is 4.00. The van der Waals surface area contributed by atoms with E-state index in [1.807, 2.05) is 6.07 Å². The molecule has 0 aliphatic heterocycles. The van der Waals surface area contributed by atoms with Crippen LogP contribution in [0, 0.1) is 11.3 Å². The van der Waals surface area contributed by atoms with E-state index in [2.05, 4.69) is 5.32 Å². The molecule has 0 amide bonds. The molecule has 1 heterocycles. The van der Waals surface area contributed by atoms with Crippen LogP contribution in [-0.2, 0) is 12.3 Å². The Labute approximate surface area is 96.8 Å². The summed E-state index contributed by atoms with van der Waals surface area (Å²) in [6.45, 7) is 1.11. The van der Waals surface area contributed by atoms with Gasteiger partial charge in [-0.15, -0.1) is 0 Å². The topological polar surface area (TPSA) is 49.0 Å². The fourth-order valence-corrected chi connectivity index (χ4v) is 1.54. The van der Waals surface area contributed by atoms with Gasteiger partial charge in [-0.3, -0.25) is 0 Å². The van der Waals surface area contributed by atoms with Crippen molar-refractivity contribution in [3.8, 4) is 6.07 Å². The number of furan rings is 1. The SMILES string of the molecule is N#CCCNCc1ccc(CSC(F)F)o1. The molecule has 0 aliphatic rings. The minimum atomic E-state index is -2.37. The predicted molar refractivity (Wildman–Crippen MR) is 57.9 cm³/mol. The molecule has 1 aromatic rings. The minimum Gasteiger partial charge on any atom is -0.464 e. The standard InChI is InChI=1S/C10H12F2N2OS/c11-10(12)16-7-9-3-2-8(15-9)6-14-5-1-4-13/h2-3,10,14H,1,5-7H2. The summed E-state index contributed by atoms with van der Waals surface area (Å²) in [5.74, 6) is -0.956. The van der Waals surface area contributed by atoms with E-state index in [1.54, 1.807) is 12.1 Å². The molecule has 0 radical (unpaired) electrons. The third kappa shape index (κ3) is 5.14. The van der Waals surface area contributed by atoms with Gasteiger partial charge in [0, 0.05) is 13.0 Å². The first kappa shape index (κ1) is 13.0. The molecule has 3 nitrogen and oxygen atoms in total. The zero-order valence-corrected chi connectivity index (χ0v) is 9.40. The molecule has 0 aromatic carbocycles. The summed E-state index contributed by atoms with van der Waals surface area (Å²) < 4.78 is 29.1. The van der Waals surface area contributed by atoms with Crippen molar-refractivity contribution in [3.63, 3.8) is 0 Å². The first-order valence-electron chi connectivity index (χ1n) is 4.77. The highest BCUT2D eigenvalue weighted by Gasteiger charge is 2.06. The lowest BCUT2D eigenvalue weighted by atomic mass is 10.4. The number of hydrogen-bond acceptors (Lipinski definition) is 4. The molecule has 1 rings (SSSR count). The zero-order chi connectivity index (χ0) is 11.8. The lowest BCUT2D eigenvalue weighted by Gasteiger charge is -1.99. The molecular formula is C10H12F2N2OS. The highest BCUT2D eigenvalue weighted by molar-refractivity contribution is 7.98. The second-order valence-electron chi connectivity index (χ2n) is 3.02. The van der Waals surface area contributed by atoms with Crippen LogP contribution in [0.4, 0.5) is 8.78 Å². The molecule has 1 N–H and O–H groups in total. The highest BCUT2D eigenvalue weighted by atomic mass is 32.2. The smallest absolute Gasteiger partial charge is 0.284 e. The number of hydrogen-bond donors (Lipinski definition) is 1. The molecular weight excluding hydrogens is 234 g/mol. The quantitative estimate of drug-likeness (QED) is 0.751. The normalized spacial score (nSPS) is 10.6. The Morgan fingerprint density at radius 1 is 1.44 bits per heavy atom. The van der Waals surface area contributed by atoms with Crippen LogP contribution in [0.1, 0.15) is 17.9 Å². The van der Waals surface area contributed by atoms with E-state index in [1.165, 1.54) is 0 Å². The fourth-order valence-electron chi connectivity index (χ4n) is 1.10. The highest BCUT2D eigenvalue weighted by Crippen LogP contribution is 2.21. The number of thioether (sulfide) groups is 1. The number of nitrogens with zero attached hydrogens (tertiary/aromatic N) is 1. The summed E-state index contributed by atoms with van der Waals surface area (Å²) in [5, 5.41) is 11.3. The van der Waals surface area contributed by atoms with Crippen molar-refractivity contribution >= 4 is 11.8 Å². The van der Waals surface area contributed by atoms with Crippen LogP contribution in [0.25, 0.3) is 0 Å². The van der Waals surface area contributed by atoms with Crippen molar-refractivity contribution < 1.29 is 13.2 Å². The van der Waals surface area contributed by atoms with E-state index >= 15 is 0 Å². The van der Waals surface area contributed by atoms with Gasteiger partial charge in [0.15, 0.2) is 0 Å². The molecule has 6 heteroatoms. The maximum atomic E-state index is 11.9. The third-order valence-electron chi connectivity index (χ3n) is 1.78. The van der Waals surface area contributed by atoms with E-state index in [9.17, 15) is 8.78 Å². The predicted octanol–water partition coefficient (Wildman–Crippen LogP) is 2.74. The monoisotopic (exact) mass is 246 g/mol. The average Bonchev–Trinajstić information content (AvgIpc) is 2.70. The Morgan fingerprint density at radius 3 is 2.88 bits per heavy atom. The van der Waals surface area contributed by atoms with Crippen LogP contribution < -0.4 is 5.32 Å². The van der Waals surface area contributed by atoms with Gasteiger partial charge in [-0.2, -0.15) is 14.0 Å². The summed E-state index contributed by atoms with van der Waals surface area (Å²) >= 11 is 0.539. The summed E-state index contributed by atoms with van der Waals surface area (Å²) in [6, 6.07) is 5.45. The van der Waals surface area contributed by atoms with Crippen molar-refractivity contribution in [2.75, 3.05) is 6.54 Å². The molecule has 0 saturated carbocycles.